The zero-order chi connectivity index (χ0) is 35.4. The van der Waals surface area contributed by atoms with Gasteiger partial charge in [-0.15, -0.1) is 0 Å². The van der Waals surface area contributed by atoms with Crippen molar-refractivity contribution in [2.24, 2.45) is 35.1 Å². The molecule has 1 fully saturated rings. The lowest BCUT2D eigenvalue weighted by molar-refractivity contribution is -0.125. The van der Waals surface area contributed by atoms with Gasteiger partial charge in [0.1, 0.15) is 11.4 Å². The Morgan fingerprint density at radius 1 is 0.708 bits per heavy atom. The first-order chi connectivity index (χ1) is 22.7. The van der Waals surface area contributed by atoms with E-state index in [1.165, 1.54) is 0 Å². The lowest BCUT2D eigenvalue weighted by Gasteiger charge is -2.26. The zero-order valence-corrected chi connectivity index (χ0v) is 28.8. The fraction of sp³-hybridized carbons (Fsp3) is 0.588. The van der Waals surface area contributed by atoms with Crippen LogP contribution in [0.5, 0.6) is 0 Å². The second-order valence-corrected chi connectivity index (χ2v) is 13.6. The van der Waals surface area contributed by atoms with Gasteiger partial charge in [0.2, 0.25) is 11.8 Å². The molecular formula is C34H54N10O4. The molecule has 0 saturated heterocycles. The summed E-state index contributed by atoms with van der Waals surface area (Å²) in [5.41, 5.74) is 12.8. The monoisotopic (exact) mass is 666 g/mol. The summed E-state index contributed by atoms with van der Waals surface area (Å²) in [6.07, 6.45) is 8.01. The molecule has 2 aromatic heterocycles. The van der Waals surface area contributed by atoms with E-state index in [9.17, 15) is 19.2 Å². The van der Waals surface area contributed by atoms with Gasteiger partial charge in [-0.3, -0.25) is 30.0 Å². The van der Waals surface area contributed by atoms with Crippen LogP contribution >= 0.6 is 0 Å². The highest BCUT2D eigenvalue weighted by atomic mass is 16.2. The molecular weight excluding hydrogens is 612 g/mol. The first kappa shape index (κ1) is 37.8. The van der Waals surface area contributed by atoms with E-state index in [0.717, 1.165) is 12.8 Å². The van der Waals surface area contributed by atoms with Gasteiger partial charge in [-0.2, -0.15) is 0 Å². The highest BCUT2D eigenvalue weighted by Gasteiger charge is 2.31. The largest absolute Gasteiger partial charge is 0.388 e. The van der Waals surface area contributed by atoms with E-state index in [0.29, 0.717) is 73.4 Å². The maximum atomic E-state index is 13.2. The Morgan fingerprint density at radius 3 is 1.38 bits per heavy atom. The number of nitrogens with zero attached hydrogens (tertiary/aromatic N) is 2. The highest BCUT2D eigenvalue weighted by Crippen LogP contribution is 2.31. The average Bonchev–Trinajstić information content (AvgIpc) is 3.62. The van der Waals surface area contributed by atoms with Crippen LogP contribution in [0, 0.1) is 34.5 Å². The van der Waals surface area contributed by atoms with Crippen molar-refractivity contribution in [2.75, 3.05) is 23.7 Å². The predicted molar refractivity (Wildman–Crippen MR) is 188 cm³/mol. The second-order valence-electron chi connectivity index (χ2n) is 13.6. The van der Waals surface area contributed by atoms with Gasteiger partial charge in [-0.05, 0) is 62.5 Å². The number of nitrogens with one attached hydrogen (secondary N) is 6. The summed E-state index contributed by atoms with van der Waals surface area (Å²) in [5.74, 6) is -0.514. The van der Waals surface area contributed by atoms with E-state index in [2.05, 4.69) is 49.0 Å². The molecule has 0 bridgehead atoms. The first-order valence-corrected chi connectivity index (χ1v) is 17.0. The SMILES string of the molecule is CC(C)CCn1cc(NC(=O)C2CCC(C(=O)Nc3cc(C(=O)NCCC(=N)N)n(CCC(C)C)c3)CC2)cc1C(=O)NCCC(=N)N. The van der Waals surface area contributed by atoms with Gasteiger partial charge in [0.05, 0.1) is 23.0 Å². The van der Waals surface area contributed by atoms with Crippen LogP contribution in [-0.4, -0.2) is 57.5 Å². The van der Waals surface area contributed by atoms with Gasteiger partial charge in [0, 0.05) is 63.3 Å². The third-order valence-electron chi connectivity index (χ3n) is 8.52. The molecule has 0 aliphatic heterocycles. The van der Waals surface area contributed by atoms with Crippen molar-refractivity contribution in [3.05, 3.63) is 35.9 Å². The summed E-state index contributed by atoms with van der Waals surface area (Å²) in [6.45, 7) is 10.2. The normalized spacial score (nSPS) is 16.0. The topological polar surface area (TPSA) is 226 Å². The van der Waals surface area contributed by atoms with Gasteiger partial charge in [0.15, 0.2) is 0 Å². The first-order valence-electron chi connectivity index (χ1n) is 17.0. The molecule has 1 aliphatic rings. The number of aryl methyl sites for hydroxylation is 2. The Balaban J connectivity index is 1.59. The summed E-state index contributed by atoms with van der Waals surface area (Å²) < 4.78 is 3.69. The molecule has 10 N–H and O–H groups in total. The average molecular weight is 667 g/mol. The summed E-state index contributed by atoms with van der Waals surface area (Å²) in [5, 5.41) is 26.3. The molecule has 0 spiro atoms. The third-order valence-corrected chi connectivity index (χ3v) is 8.52. The van der Waals surface area contributed by atoms with Crippen LogP contribution in [0.3, 0.4) is 0 Å². The minimum Gasteiger partial charge on any atom is -0.388 e. The van der Waals surface area contributed by atoms with Crippen molar-refractivity contribution in [2.45, 2.75) is 92.2 Å². The number of carbonyl (C=O) groups excluding carboxylic acids is 4. The smallest absolute Gasteiger partial charge is 0.267 e. The molecule has 2 aromatic rings. The van der Waals surface area contributed by atoms with E-state index in [4.69, 9.17) is 22.3 Å². The molecule has 3 rings (SSSR count). The standard InChI is InChI=1S/C34H54N10O4/c1-21(2)11-15-43-19-25(17-27(43)33(47)39-13-9-29(35)36)41-31(45)23-5-7-24(8-6-23)32(46)42-26-18-28(34(48)40-14-10-30(37)38)44(20-26)16-12-22(3)4/h17-24H,5-16H2,1-4H3,(H3,35,36)(H3,37,38)(H,39,47)(H,40,48)(H,41,45)(H,42,46). The van der Waals surface area contributed by atoms with Crippen LogP contribution in [-0.2, 0) is 22.7 Å². The van der Waals surface area contributed by atoms with E-state index in [1.54, 1.807) is 24.5 Å². The quantitative estimate of drug-likeness (QED) is 0.0869. The highest BCUT2D eigenvalue weighted by molar-refractivity contribution is 5.99. The van der Waals surface area contributed by atoms with Crippen LogP contribution in [0.15, 0.2) is 24.5 Å². The Morgan fingerprint density at radius 2 is 1.06 bits per heavy atom. The van der Waals surface area contributed by atoms with Gasteiger partial charge >= 0.3 is 0 Å². The van der Waals surface area contributed by atoms with Crippen LogP contribution in [0.1, 0.15) is 100 Å². The molecule has 0 radical (unpaired) electrons. The molecule has 4 amide bonds. The van der Waals surface area contributed by atoms with Crippen molar-refractivity contribution < 1.29 is 19.2 Å². The summed E-state index contributed by atoms with van der Waals surface area (Å²) in [7, 11) is 0. The molecule has 48 heavy (non-hydrogen) atoms. The van der Waals surface area contributed by atoms with Crippen LogP contribution in [0.25, 0.3) is 0 Å². The molecule has 0 aromatic carbocycles. The van der Waals surface area contributed by atoms with Gasteiger partial charge < -0.3 is 41.9 Å². The van der Waals surface area contributed by atoms with Gasteiger partial charge in [-0.1, -0.05) is 27.7 Å². The fourth-order valence-corrected chi connectivity index (χ4v) is 5.61. The number of hydrogen-bond donors (Lipinski definition) is 8. The number of nitrogens with two attached hydrogens (primary N) is 2. The van der Waals surface area contributed by atoms with E-state index < -0.39 is 0 Å². The van der Waals surface area contributed by atoms with E-state index in [1.807, 2.05) is 9.13 Å². The Labute approximate surface area is 283 Å². The minimum atomic E-state index is -0.289. The summed E-state index contributed by atoms with van der Waals surface area (Å²) in [6, 6.07) is 3.34. The van der Waals surface area contributed by atoms with Crippen LogP contribution < -0.4 is 32.7 Å². The number of aromatic nitrogens is 2. The number of carbonyl (C=O) groups is 4. The van der Waals surface area contributed by atoms with E-state index in [-0.39, 0.29) is 73.1 Å². The van der Waals surface area contributed by atoms with Crippen molar-refractivity contribution in [1.29, 1.82) is 10.8 Å². The molecule has 14 heteroatoms. The van der Waals surface area contributed by atoms with Gasteiger partial charge in [0.25, 0.3) is 11.8 Å². The van der Waals surface area contributed by atoms with Crippen LogP contribution in [0.4, 0.5) is 11.4 Å². The van der Waals surface area contributed by atoms with E-state index >= 15 is 0 Å². The zero-order valence-electron chi connectivity index (χ0n) is 28.8. The Bertz CT molecular complexity index is 1340. The molecule has 1 aliphatic carbocycles. The van der Waals surface area contributed by atoms with Crippen molar-refractivity contribution >= 4 is 46.7 Å². The van der Waals surface area contributed by atoms with Gasteiger partial charge in [-0.25, -0.2) is 0 Å². The van der Waals surface area contributed by atoms with Crippen molar-refractivity contribution in [1.82, 2.24) is 19.8 Å². The Kier molecular flexibility index (Phi) is 14.2. The number of rotatable bonds is 18. The molecule has 2 heterocycles. The lowest BCUT2D eigenvalue weighted by atomic mass is 9.81. The third kappa shape index (κ3) is 11.9. The summed E-state index contributed by atoms with van der Waals surface area (Å²) in [4.78, 5) is 52.2. The predicted octanol–water partition coefficient (Wildman–Crippen LogP) is 3.88. The molecule has 264 valence electrons. The number of amides is 4. The second kappa shape index (κ2) is 18.1. The number of anilines is 2. The maximum Gasteiger partial charge on any atom is 0.267 e. The molecule has 0 atom stereocenters. The van der Waals surface area contributed by atoms with Crippen molar-refractivity contribution in [3.8, 4) is 0 Å². The molecule has 1 saturated carbocycles. The molecule has 14 nitrogen and oxygen atoms in total. The Hall–Kier alpha value is -4.62. The minimum absolute atomic E-state index is 0.00123. The molecule has 0 unspecified atom stereocenters. The maximum absolute atomic E-state index is 13.2. The van der Waals surface area contributed by atoms with Crippen molar-refractivity contribution in [3.63, 3.8) is 0 Å². The lowest BCUT2D eigenvalue weighted by Crippen LogP contribution is -2.31. The fourth-order valence-electron chi connectivity index (χ4n) is 5.61. The van der Waals surface area contributed by atoms with Crippen LogP contribution in [0.2, 0.25) is 0 Å². The summed E-state index contributed by atoms with van der Waals surface area (Å²) >= 11 is 0. The number of amidine groups is 2. The number of hydrogen-bond acceptors (Lipinski definition) is 6.